The highest BCUT2D eigenvalue weighted by atomic mass is 32.3. The minimum atomic E-state index is -4.02. The summed E-state index contributed by atoms with van der Waals surface area (Å²) in [5.41, 5.74) is 0.882. The highest BCUT2D eigenvalue weighted by Gasteiger charge is 2.20. The largest absolute Gasteiger partial charge is 0.253 e. The summed E-state index contributed by atoms with van der Waals surface area (Å²) in [6.07, 6.45) is 0.800. The fourth-order valence-electron chi connectivity index (χ4n) is 1.38. The van der Waals surface area contributed by atoms with Crippen LogP contribution in [0, 0.1) is 0 Å². The zero-order valence-corrected chi connectivity index (χ0v) is 12.4. The maximum atomic E-state index is 11.7. The van der Waals surface area contributed by atoms with E-state index in [0.29, 0.717) is 0 Å². The van der Waals surface area contributed by atoms with E-state index in [9.17, 15) is 16.8 Å². The molecule has 102 valence electrons. The van der Waals surface area contributed by atoms with Crippen LogP contribution in [0.15, 0.2) is 29.2 Å². The molecule has 0 spiro atoms. The van der Waals surface area contributed by atoms with Gasteiger partial charge in [0.25, 0.3) is 10.0 Å². The number of hydrogen-bond donors (Lipinski definition) is 1. The van der Waals surface area contributed by atoms with Gasteiger partial charge in [0.1, 0.15) is 0 Å². The maximum Gasteiger partial charge on any atom is 0.253 e. The summed E-state index contributed by atoms with van der Waals surface area (Å²) >= 11 is 0. The summed E-state index contributed by atoms with van der Waals surface area (Å²) in [5, 5.41) is 0. The molecule has 0 saturated heterocycles. The van der Waals surface area contributed by atoms with E-state index in [-0.39, 0.29) is 10.3 Å². The second-order valence-corrected chi connectivity index (χ2v) is 8.82. The third-order valence-electron chi connectivity index (χ3n) is 2.29. The third-order valence-corrected chi connectivity index (χ3v) is 5.27. The first-order valence-corrected chi connectivity index (χ1v) is 8.63. The molecule has 0 fully saturated rings. The fraction of sp³-hybridized carbons (Fsp3) is 0.455. The molecule has 0 aliphatic heterocycles. The molecule has 1 aromatic carbocycles. The van der Waals surface area contributed by atoms with Gasteiger partial charge in [-0.2, -0.15) is 0 Å². The zero-order valence-electron chi connectivity index (χ0n) is 10.8. The van der Waals surface area contributed by atoms with E-state index in [0.717, 1.165) is 11.8 Å². The van der Waals surface area contributed by atoms with Crippen molar-refractivity contribution in [3.8, 4) is 0 Å². The van der Waals surface area contributed by atoms with Crippen molar-refractivity contribution in [3.05, 3.63) is 29.8 Å². The lowest BCUT2D eigenvalue weighted by Crippen LogP contribution is -2.29. The van der Waals surface area contributed by atoms with Gasteiger partial charge in [-0.05, 0) is 23.1 Å². The molecule has 0 bridgehead atoms. The van der Waals surface area contributed by atoms with Crippen molar-refractivity contribution in [3.63, 3.8) is 0 Å². The first-order valence-electron chi connectivity index (χ1n) is 5.26. The smallest absolute Gasteiger partial charge is 0.212 e. The van der Waals surface area contributed by atoms with Gasteiger partial charge in [-0.15, -0.1) is 4.13 Å². The number of rotatable bonds is 3. The van der Waals surface area contributed by atoms with Crippen LogP contribution in [-0.4, -0.2) is 23.1 Å². The van der Waals surface area contributed by atoms with Crippen LogP contribution in [0.4, 0.5) is 0 Å². The van der Waals surface area contributed by atoms with Crippen molar-refractivity contribution in [2.45, 2.75) is 31.1 Å². The van der Waals surface area contributed by atoms with E-state index < -0.39 is 20.0 Å². The number of nitrogens with one attached hydrogen (secondary N) is 1. The summed E-state index contributed by atoms with van der Waals surface area (Å²) in [6, 6.07) is 6.15. The molecule has 0 heterocycles. The Morgan fingerprint density at radius 3 is 1.72 bits per heavy atom. The van der Waals surface area contributed by atoms with E-state index >= 15 is 0 Å². The maximum absolute atomic E-state index is 11.7. The quantitative estimate of drug-likeness (QED) is 0.908. The molecule has 0 aliphatic carbocycles. The fourth-order valence-corrected chi connectivity index (χ4v) is 3.86. The van der Waals surface area contributed by atoms with Crippen LogP contribution in [0.5, 0.6) is 0 Å². The van der Waals surface area contributed by atoms with Crippen molar-refractivity contribution in [2.75, 3.05) is 6.26 Å². The number of sulfonamides is 2. The van der Waals surface area contributed by atoms with Crippen LogP contribution in [0.25, 0.3) is 0 Å². The Kier molecular flexibility index (Phi) is 3.90. The van der Waals surface area contributed by atoms with Crippen molar-refractivity contribution in [1.82, 2.24) is 4.13 Å². The molecule has 0 saturated carbocycles. The lowest BCUT2D eigenvalue weighted by molar-refractivity contribution is 0.578. The first-order chi connectivity index (χ1) is 7.92. The Labute approximate surface area is 108 Å². The molecule has 18 heavy (non-hydrogen) atoms. The molecule has 1 N–H and O–H groups in total. The molecular weight excluding hydrogens is 274 g/mol. The van der Waals surface area contributed by atoms with Crippen molar-refractivity contribution in [1.29, 1.82) is 0 Å². The van der Waals surface area contributed by atoms with E-state index in [1.165, 1.54) is 12.1 Å². The van der Waals surface area contributed by atoms with E-state index in [1.54, 1.807) is 16.3 Å². The van der Waals surface area contributed by atoms with Crippen LogP contribution in [0.1, 0.15) is 26.3 Å². The van der Waals surface area contributed by atoms with Gasteiger partial charge in [0.15, 0.2) is 0 Å². The molecule has 1 rings (SSSR count). The molecule has 0 radical (unpaired) electrons. The van der Waals surface area contributed by atoms with Gasteiger partial charge in [0.05, 0.1) is 11.2 Å². The predicted octanol–water partition coefficient (Wildman–Crippen LogP) is 1.22. The molecule has 1 aromatic rings. The Morgan fingerprint density at radius 1 is 0.944 bits per heavy atom. The van der Waals surface area contributed by atoms with Crippen LogP contribution in [0.3, 0.4) is 0 Å². The van der Waals surface area contributed by atoms with E-state index in [2.05, 4.69) is 0 Å². The average molecular weight is 291 g/mol. The monoisotopic (exact) mass is 291 g/mol. The van der Waals surface area contributed by atoms with Crippen molar-refractivity contribution in [2.24, 2.45) is 0 Å². The number of benzene rings is 1. The topological polar surface area (TPSA) is 80.3 Å². The second-order valence-electron chi connectivity index (χ2n) is 5.13. The van der Waals surface area contributed by atoms with Gasteiger partial charge >= 0.3 is 0 Å². The van der Waals surface area contributed by atoms with Crippen LogP contribution < -0.4 is 4.13 Å². The lowest BCUT2D eigenvalue weighted by atomic mass is 9.87. The Morgan fingerprint density at radius 2 is 1.39 bits per heavy atom. The first kappa shape index (κ1) is 15.1. The van der Waals surface area contributed by atoms with Crippen LogP contribution >= 0.6 is 0 Å². The Balaban J connectivity index is 3.14. The average Bonchev–Trinajstić information content (AvgIpc) is 2.13. The molecule has 5 nitrogen and oxygen atoms in total. The van der Waals surface area contributed by atoms with Gasteiger partial charge in [-0.1, -0.05) is 32.9 Å². The SMILES string of the molecule is CC(C)(C)c1ccc(S(=O)(=O)NS(C)(=O)=O)cc1. The van der Waals surface area contributed by atoms with Gasteiger partial charge in [-0.25, -0.2) is 16.8 Å². The molecule has 0 amide bonds. The molecular formula is C11H17NO4S2. The van der Waals surface area contributed by atoms with Crippen LogP contribution in [-0.2, 0) is 25.5 Å². The summed E-state index contributed by atoms with van der Waals surface area (Å²) in [4.78, 5) is -0.0686. The summed E-state index contributed by atoms with van der Waals surface area (Å²) < 4.78 is 47.0. The van der Waals surface area contributed by atoms with Gasteiger partial charge < -0.3 is 0 Å². The highest BCUT2D eigenvalue weighted by molar-refractivity contribution is 8.04. The van der Waals surface area contributed by atoms with E-state index in [1.807, 2.05) is 20.8 Å². The molecule has 0 unspecified atom stereocenters. The third kappa shape index (κ3) is 4.08. The molecule has 7 heteroatoms. The van der Waals surface area contributed by atoms with E-state index in [4.69, 9.17) is 0 Å². The predicted molar refractivity (Wildman–Crippen MR) is 70.3 cm³/mol. The Hall–Kier alpha value is -0.920. The molecule has 0 atom stereocenters. The van der Waals surface area contributed by atoms with Crippen LogP contribution in [0.2, 0.25) is 0 Å². The summed E-state index contributed by atoms with van der Waals surface area (Å²) in [5.74, 6) is 0. The lowest BCUT2D eigenvalue weighted by Gasteiger charge is -2.19. The van der Waals surface area contributed by atoms with Gasteiger partial charge in [0.2, 0.25) is 10.0 Å². The summed E-state index contributed by atoms with van der Waals surface area (Å²) in [7, 11) is -7.82. The second kappa shape index (κ2) is 4.64. The normalized spacial score (nSPS) is 13.6. The highest BCUT2D eigenvalue weighted by Crippen LogP contribution is 2.23. The minimum Gasteiger partial charge on any atom is -0.212 e. The minimum absolute atomic E-state index is 0.0686. The molecule has 0 aromatic heterocycles. The van der Waals surface area contributed by atoms with Crippen molar-refractivity contribution < 1.29 is 16.8 Å². The van der Waals surface area contributed by atoms with Crippen molar-refractivity contribution >= 4 is 20.0 Å². The van der Waals surface area contributed by atoms with Gasteiger partial charge in [-0.3, -0.25) is 0 Å². The Bertz CT molecular complexity index is 623. The summed E-state index contributed by atoms with van der Waals surface area (Å²) in [6.45, 7) is 6.02. The zero-order chi connectivity index (χ0) is 14.2. The molecule has 0 aliphatic rings. The standard InChI is InChI=1S/C11H17NO4S2/c1-11(2,3)9-5-7-10(8-6-9)18(15,16)12-17(4,13)14/h5-8,12H,1-4H3. The van der Waals surface area contributed by atoms with Gasteiger partial charge in [0, 0.05) is 0 Å². The number of hydrogen-bond acceptors (Lipinski definition) is 4.